The summed E-state index contributed by atoms with van der Waals surface area (Å²) in [6, 6.07) is 7.23. The minimum Gasteiger partial charge on any atom is -0.497 e. The first-order chi connectivity index (χ1) is 11.4. The van der Waals surface area contributed by atoms with Crippen LogP contribution in [0.3, 0.4) is 0 Å². The van der Waals surface area contributed by atoms with Crippen LogP contribution in [-0.4, -0.2) is 77.8 Å². The van der Waals surface area contributed by atoms with Gasteiger partial charge in [0.1, 0.15) is 5.75 Å². The molecule has 0 unspecified atom stereocenters. The first kappa shape index (κ1) is 18.2. The highest BCUT2D eigenvalue weighted by atomic mass is 16.5. The Hall–Kier alpha value is -2.12. The number of nitrogens with zero attached hydrogens (tertiary/aromatic N) is 2. The van der Waals surface area contributed by atoms with Gasteiger partial charge in [-0.05, 0) is 31.2 Å². The summed E-state index contributed by atoms with van der Waals surface area (Å²) in [5.41, 5.74) is 1.02. The van der Waals surface area contributed by atoms with Crippen LogP contribution in [0.1, 0.15) is 12.0 Å². The molecule has 0 saturated carbocycles. The van der Waals surface area contributed by atoms with Crippen molar-refractivity contribution in [2.75, 3.05) is 33.8 Å². The molecule has 0 aromatic heterocycles. The molecule has 0 radical (unpaired) electrons. The van der Waals surface area contributed by atoms with Crippen molar-refractivity contribution in [2.24, 2.45) is 0 Å². The molecule has 0 bridgehead atoms. The van der Waals surface area contributed by atoms with Gasteiger partial charge in [0.25, 0.3) is 0 Å². The number of carbonyl (C=O) groups is 2. The van der Waals surface area contributed by atoms with Crippen LogP contribution in [0.25, 0.3) is 0 Å². The fraction of sp³-hybridized carbons (Fsp3) is 0.529. The Balaban J connectivity index is 1.87. The number of likely N-dealkylation sites (tertiary alicyclic amines) is 1. The molecule has 0 spiro atoms. The van der Waals surface area contributed by atoms with Crippen LogP contribution in [0.4, 0.5) is 0 Å². The molecule has 132 valence electrons. The smallest absolute Gasteiger partial charge is 0.317 e. The lowest BCUT2D eigenvalue weighted by Gasteiger charge is -2.24. The Kier molecular flexibility index (Phi) is 6.16. The van der Waals surface area contributed by atoms with Crippen LogP contribution < -0.4 is 4.74 Å². The van der Waals surface area contributed by atoms with E-state index in [0.717, 1.165) is 11.3 Å². The van der Waals surface area contributed by atoms with E-state index in [9.17, 15) is 14.7 Å². The van der Waals surface area contributed by atoms with Gasteiger partial charge in [0.05, 0.1) is 25.8 Å². The lowest BCUT2D eigenvalue weighted by molar-refractivity contribution is -0.138. The molecule has 1 aliphatic heterocycles. The summed E-state index contributed by atoms with van der Waals surface area (Å²) in [5.74, 6) is -0.234. The zero-order valence-corrected chi connectivity index (χ0v) is 14.0. The number of rotatable bonds is 7. The molecule has 2 atom stereocenters. The highest BCUT2D eigenvalue weighted by Crippen LogP contribution is 2.18. The third kappa shape index (κ3) is 4.69. The number of methoxy groups -OCH3 is 1. The highest BCUT2D eigenvalue weighted by Gasteiger charge is 2.36. The van der Waals surface area contributed by atoms with E-state index < -0.39 is 12.1 Å². The number of hydrogen-bond acceptors (Lipinski definition) is 5. The van der Waals surface area contributed by atoms with Gasteiger partial charge in [0.2, 0.25) is 5.91 Å². The van der Waals surface area contributed by atoms with E-state index in [1.807, 2.05) is 24.3 Å². The summed E-state index contributed by atoms with van der Waals surface area (Å²) in [5, 5.41) is 18.9. The molecule has 2 rings (SSSR count). The topological polar surface area (TPSA) is 90.3 Å². The minimum atomic E-state index is -0.951. The maximum atomic E-state index is 12.4. The van der Waals surface area contributed by atoms with Crippen LogP contribution in [0, 0.1) is 0 Å². The van der Waals surface area contributed by atoms with E-state index in [1.165, 1.54) is 0 Å². The summed E-state index contributed by atoms with van der Waals surface area (Å²) < 4.78 is 5.17. The quantitative estimate of drug-likeness (QED) is 0.740. The molecule has 7 nitrogen and oxygen atoms in total. The Bertz CT molecular complexity index is 592. The third-order valence-corrected chi connectivity index (χ3v) is 4.32. The summed E-state index contributed by atoms with van der Waals surface area (Å²) in [6.45, 7) is 0.432. The number of aliphatic hydroxyl groups is 1. The molecule has 0 aliphatic carbocycles. The maximum absolute atomic E-state index is 12.4. The van der Waals surface area contributed by atoms with E-state index in [1.54, 1.807) is 24.0 Å². The second-order valence-electron chi connectivity index (χ2n) is 6.09. The summed E-state index contributed by atoms with van der Waals surface area (Å²) in [4.78, 5) is 26.3. The number of benzene rings is 1. The van der Waals surface area contributed by atoms with Crippen molar-refractivity contribution in [1.29, 1.82) is 0 Å². The standard InChI is InChI=1S/C17H24N2O5/c1-18(11-17(22)23)14-9-19(10-15(14)20)16(21)7-6-12-4-3-5-13(8-12)24-2/h3-5,8,14-15,20H,6-7,9-11H2,1-2H3,(H,22,23)/t14-,15-/m1/s1. The van der Waals surface area contributed by atoms with Gasteiger partial charge in [-0.1, -0.05) is 12.1 Å². The van der Waals surface area contributed by atoms with Gasteiger partial charge < -0.3 is 19.8 Å². The number of β-amino-alcohol motifs (C(OH)–C–C–N with tert-alkyl or cyclic N) is 1. The van der Waals surface area contributed by atoms with Gasteiger partial charge in [0.15, 0.2) is 0 Å². The predicted octanol–water partition coefficient (Wildman–Crippen LogP) is 0.216. The van der Waals surface area contributed by atoms with Crippen LogP contribution in [0.2, 0.25) is 0 Å². The van der Waals surface area contributed by atoms with Crippen molar-refractivity contribution >= 4 is 11.9 Å². The van der Waals surface area contributed by atoms with E-state index in [2.05, 4.69) is 0 Å². The fourth-order valence-electron chi connectivity index (χ4n) is 2.97. The number of aryl methyl sites for hydroxylation is 1. The molecule has 7 heteroatoms. The summed E-state index contributed by atoms with van der Waals surface area (Å²) in [6.07, 6.45) is 0.211. The molecule has 1 fully saturated rings. The van der Waals surface area contributed by atoms with E-state index in [0.29, 0.717) is 19.4 Å². The van der Waals surface area contributed by atoms with Gasteiger partial charge in [-0.15, -0.1) is 0 Å². The summed E-state index contributed by atoms with van der Waals surface area (Å²) >= 11 is 0. The van der Waals surface area contributed by atoms with Gasteiger partial charge in [-0.25, -0.2) is 0 Å². The molecule has 1 aromatic rings. The zero-order valence-electron chi connectivity index (χ0n) is 14.0. The predicted molar refractivity (Wildman–Crippen MR) is 88.0 cm³/mol. The van der Waals surface area contributed by atoms with E-state index in [4.69, 9.17) is 9.84 Å². The van der Waals surface area contributed by atoms with Crippen LogP contribution >= 0.6 is 0 Å². The number of ether oxygens (including phenoxy) is 1. The first-order valence-corrected chi connectivity index (χ1v) is 7.91. The molecule has 1 heterocycles. The highest BCUT2D eigenvalue weighted by molar-refractivity contribution is 5.77. The van der Waals surface area contributed by atoms with Gasteiger partial charge in [-0.2, -0.15) is 0 Å². The Morgan fingerprint density at radius 1 is 1.38 bits per heavy atom. The maximum Gasteiger partial charge on any atom is 0.317 e. The SMILES string of the molecule is COc1cccc(CCC(=O)N2C[C@@H](O)[C@H](N(C)CC(=O)O)C2)c1. The zero-order chi connectivity index (χ0) is 17.7. The number of aliphatic hydroxyl groups excluding tert-OH is 1. The number of carboxylic acids is 1. The van der Waals surface area contributed by atoms with Gasteiger partial charge in [-0.3, -0.25) is 14.5 Å². The van der Waals surface area contributed by atoms with Crippen molar-refractivity contribution in [3.63, 3.8) is 0 Å². The summed E-state index contributed by atoms with van der Waals surface area (Å²) in [7, 11) is 3.25. The number of carbonyl (C=O) groups excluding carboxylic acids is 1. The van der Waals surface area contributed by atoms with Crippen LogP contribution in [-0.2, 0) is 16.0 Å². The number of likely N-dealkylation sites (N-methyl/N-ethyl adjacent to an activating group) is 1. The first-order valence-electron chi connectivity index (χ1n) is 7.91. The minimum absolute atomic E-state index is 0.0388. The molecule has 1 aliphatic rings. The van der Waals surface area contributed by atoms with Gasteiger partial charge >= 0.3 is 5.97 Å². The molecule has 1 aromatic carbocycles. The fourth-order valence-corrected chi connectivity index (χ4v) is 2.97. The third-order valence-electron chi connectivity index (χ3n) is 4.32. The van der Waals surface area contributed by atoms with Crippen molar-refractivity contribution in [3.05, 3.63) is 29.8 Å². The Labute approximate surface area is 141 Å². The molecule has 1 saturated heterocycles. The monoisotopic (exact) mass is 336 g/mol. The molecular weight excluding hydrogens is 312 g/mol. The number of aliphatic carboxylic acids is 1. The second-order valence-corrected chi connectivity index (χ2v) is 6.09. The van der Waals surface area contributed by atoms with E-state index >= 15 is 0 Å². The molecule has 2 N–H and O–H groups in total. The number of carboxylic acid groups (broad SMARTS) is 1. The second kappa shape index (κ2) is 8.12. The average molecular weight is 336 g/mol. The molecule has 1 amide bonds. The van der Waals surface area contributed by atoms with Gasteiger partial charge in [0, 0.05) is 19.5 Å². The number of hydrogen-bond donors (Lipinski definition) is 2. The lowest BCUT2D eigenvalue weighted by atomic mass is 10.1. The average Bonchev–Trinajstić information content (AvgIpc) is 2.94. The van der Waals surface area contributed by atoms with Crippen molar-refractivity contribution in [3.8, 4) is 5.75 Å². The van der Waals surface area contributed by atoms with Crippen molar-refractivity contribution in [2.45, 2.75) is 25.0 Å². The lowest BCUT2D eigenvalue weighted by Crippen LogP contribution is -2.43. The van der Waals surface area contributed by atoms with Crippen LogP contribution in [0.15, 0.2) is 24.3 Å². The largest absolute Gasteiger partial charge is 0.497 e. The molecular formula is C17H24N2O5. The number of amides is 1. The Morgan fingerprint density at radius 3 is 2.79 bits per heavy atom. The van der Waals surface area contributed by atoms with Crippen molar-refractivity contribution < 1.29 is 24.5 Å². The normalized spacial score (nSPS) is 20.4. The molecule has 24 heavy (non-hydrogen) atoms. The van der Waals surface area contributed by atoms with Crippen molar-refractivity contribution in [1.82, 2.24) is 9.80 Å². The Morgan fingerprint density at radius 2 is 2.12 bits per heavy atom. The van der Waals surface area contributed by atoms with Crippen LogP contribution in [0.5, 0.6) is 5.75 Å². The van der Waals surface area contributed by atoms with E-state index in [-0.39, 0.29) is 25.0 Å².